The van der Waals surface area contributed by atoms with E-state index in [1.807, 2.05) is 36.7 Å². The lowest BCUT2D eigenvalue weighted by Crippen LogP contribution is -1.96. The Morgan fingerprint density at radius 3 is 1.76 bits per heavy atom. The molecule has 3 heteroatoms. The molecule has 2 aromatic carbocycles. The molecule has 0 saturated heterocycles. The first-order chi connectivity index (χ1) is 16.8. The molecule has 0 amide bonds. The van der Waals surface area contributed by atoms with Crippen LogP contribution in [0.4, 0.5) is 0 Å². The standard InChI is InChI=1S/C31H42N2O/c1-3-5-7-8-9-10-12-13-26-15-17-27(18-16-26)25-34-30-21-19-29(20-22-30)31-32-23-28(24-33-31)14-11-6-4-2/h15-24H,3-14,25H2,1-2H3. The van der Waals surface area contributed by atoms with E-state index in [0.717, 1.165) is 23.6 Å². The maximum atomic E-state index is 6.00. The highest BCUT2D eigenvalue weighted by molar-refractivity contribution is 5.55. The van der Waals surface area contributed by atoms with Gasteiger partial charge in [-0.3, -0.25) is 0 Å². The molecule has 0 radical (unpaired) electrons. The van der Waals surface area contributed by atoms with Crippen molar-refractivity contribution in [1.29, 1.82) is 0 Å². The molecule has 0 N–H and O–H groups in total. The topological polar surface area (TPSA) is 35.0 Å². The molecule has 1 aromatic heterocycles. The molecule has 182 valence electrons. The summed E-state index contributed by atoms with van der Waals surface area (Å²) in [6.07, 6.45) is 19.4. The second kappa shape index (κ2) is 15.3. The zero-order valence-corrected chi connectivity index (χ0v) is 21.3. The van der Waals surface area contributed by atoms with Gasteiger partial charge in [-0.05, 0) is 66.6 Å². The van der Waals surface area contributed by atoms with Gasteiger partial charge >= 0.3 is 0 Å². The lowest BCUT2D eigenvalue weighted by molar-refractivity contribution is 0.306. The van der Waals surface area contributed by atoms with E-state index in [9.17, 15) is 0 Å². The second-order valence-electron chi connectivity index (χ2n) is 9.37. The van der Waals surface area contributed by atoms with Gasteiger partial charge in [0.25, 0.3) is 0 Å². The van der Waals surface area contributed by atoms with Crippen molar-refractivity contribution in [2.24, 2.45) is 0 Å². The molecule has 1 heterocycles. The number of unbranched alkanes of at least 4 members (excludes halogenated alkanes) is 8. The first kappa shape index (κ1) is 25.9. The highest BCUT2D eigenvalue weighted by Gasteiger charge is 2.04. The Bertz CT molecular complexity index is 917. The zero-order valence-electron chi connectivity index (χ0n) is 21.3. The molecule has 0 aliphatic heterocycles. The van der Waals surface area contributed by atoms with Crippen LogP contribution < -0.4 is 4.74 Å². The van der Waals surface area contributed by atoms with Crippen molar-refractivity contribution in [2.45, 2.75) is 97.5 Å². The predicted octanol–water partition coefficient (Wildman–Crippen LogP) is 8.75. The van der Waals surface area contributed by atoms with Crippen molar-refractivity contribution in [3.05, 3.63) is 77.6 Å². The largest absolute Gasteiger partial charge is 0.489 e. The Kier molecular flexibility index (Phi) is 11.6. The van der Waals surface area contributed by atoms with Crippen LogP contribution >= 0.6 is 0 Å². The highest BCUT2D eigenvalue weighted by Crippen LogP contribution is 2.21. The molecule has 0 bridgehead atoms. The summed E-state index contributed by atoms with van der Waals surface area (Å²) in [5.74, 6) is 1.63. The van der Waals surface area contributed by atoms with Gasteiger partial charge in [0.05, 0.1) is 0 Å². The van der Waals surface area contributed by atoms with Gasteiger partial charge in [0.2, 0.25) is 0 Å². The normalized spacial score (nSPS) is 11.0. The molecule has 34 heavy (non-hydrogen) atoms. The van der Waals surface area contributed by atoms with Crippen LogP contribution in [0.1, 0.15) is 94.7 Å². The van der Waals surface area contributed by atoms with Gasteiger partial charge in [-0.25, -0.2) is 9.97 Å². The van der Waals surface area contributed by atoms with Crippen LogP contribution in [-0.2, 0) is 19.4 Å². The van der Waals surface area contributed by atoms with E-state index in [-0.39, 0.29) is 0 Å². The minimum absolute atomic E-state index is 0.583. The monoisotopic (exact) mass is 458 g/mol. The number of ether oxygens (including phenoxy) is 1. The second-order valence-corrected chi connectivity index (χ2v) is 9.37. The van der Waals surface area contributed by atoms with Crippen molar-refractivity contribution >= 4 is 0 Å². The summed E-state index contributed by atoms with van der Waals surface area (Å²) >= 11 is 0. The van der Waals surface area contributed by atoms with Crippen LogP contribution in [0, 0.1) is 0 Å². The predicted molar refractivity (Wildman–Crippen MR) is 143 cm³/mol. The Hall–Kier alpha value is -2.68. The average Bonchev–Trinajstić information content (AvgIpc) is 2.88. The maximum absolute atomic E-state index is 6.00. The van der Waals surface area contributed by atoms with Crippen LogP contribution in [0.15, 0.2) is 60.9 Å². The first-order valence-corrected chi connectivity index (χ1v) is 13.4. The molecule has 0 aliphatic rings. The summed E-state index contributed by atoms with van der Waals surface area (Å²) < 4.78 is 6.00. The van der Waals surface area contributed by atoms with Crippen LogP contribution in [0.2, 0.25) is 0 Å². The molecule has 0 spiro atoms. The van der Waals surface area contributed by atoms with Crippen LogP contribution in [0.3, 0.4) is 0 Å². The average molecular weight is 459 g/mol. The maximum Gasteiger partial charge on any atom is 0.159 e. The molecule has 0 saturated carbocycles. The van der Waals surface area contributed by atoms with Gasteiger partial charge in [0.1, 0.15) is 12.4 Å². The molecule has 3 aromatic rings. The van der Waals surface area contributed by atoms with Gasteiger partial charge in [0, 0.05) is 18.0 Å². The van der Waals surface area contributed by atoms with Crippen molar-refractivity contribution in [3.8, 4) is 17.1 Å². The van der Waals surface area contributed by atoms with Gasteiger partial charge in [-0.2, -0.15) is 0 Å². The van der Waals surface area contributed by atoms with Gasteiger partial charge in [-0.1, -0.05) is 89.5 Å². The number of hydrogen-bond acceptors (Lipinski definition) is 3. The van der Waals surface area contributed by atoms with Crippen molar-refractivity contribution in [2.75, 3.05) is 0 Å². The summed E-state index contributed by atoms with van der Waals surface area (Å²) in [5, 5.41) is 0. The van der Waals surface area contributed by atoms with Gasteiger partial charge in [-0.15, -0.1) is 0 Å². The van der Waals surface area contributed by atoms with Crippen molar-refractivity contribution in [1.82, 2.24) is 9.97 Å². The minimum atomic E-state index is 0.583. The van der Waals surface area contributed by atoms with E-state index < -0.39 is 0 Å². The number of rotatable bonds is 16. The minimum Gasteiger partial charge on any atom is -0.489 e. The van der Waals surface area contributed by atoms with E-state index in [2.05, 4.69) is 48.1 Å². The summed E-state index contributed by atoms with van der Waals surface area (Å²) in [6.45, 7) is 5.08. The molecule has 0 atom stereocenters. The fourth-order valence-electron chi connectivity index (χ4n) is 4.17. The Labute approximate surface area is 207 Å². The van der Waals surface area contributed by atoms with E-state index in [1.54, 1.807) is 0 Å². The Morgan fingerprint density at radius 2 is 1.09 bits per heavy atom. The smallest absolute Gasteiger partial charge is 0.159 e. The third-order valence-electron chi connectivity index (χ3n) is 6.38. The Balaban J connectivity index is 1.39. The van der Waals surface area contributed by atoms with Crippen LogP contribution in [0.25, 0.3) is 11.4 Å². The van der Waals surface area contributed by atoms with E-state index in [1.165, 1.54) is 87.3 Å². The number of aryl methyl sites for hydroxylation is 2. The molecule has 0 aliphatic carbocycles. The van der Waals surface area contributed by atoms with Crippen LogP contribution in [-0.4, -0.2) is 9.97 Å². The third-order valence-corrected chi connectivity index (χ3v) is 6.38. The summed E-state index contributed by atoms with van der Waals surface area (Å²) in [5.41, 5.74) is 4.86. The number of hydrogen-bond donors (Lipinski definition) is 0. The lowest BCUT2D eigenvalue weighted by Gasteiger charge is -2.08. The Morgan fingerprint density at radius 1 is 0.559 bits per heavy atom. The highest BCUT2D eigenvalue weighted by atomic mass is 16.5. The molecular formula is C31H42N2O. The van der Waals surface area contributed by atoms with E-state index in [0.29, 0.717) is 6.61 Å². The number of nitrogens with zero attached hydrogens (tertiary/aromatic N) is 2. The van der Waals surface area contributed by atoms with Crippen molar-refractivity contribution < 1.29 is 4.74 Å². The fraction of sp³-hybridized carbons (Fsp3) is 0.484. The number of benzene rings is 2. The lowest BCUT2D eigenvalue weighted by atomic mass is 10.0. The molecular weight excluding hydrogens is 416 g/mol. The summed E-state index contributed by atoms with van der Waals surface area (Å²) in [6, 6.07) is 17.0. The molecule has 3 nitrogen and oxygen atoms in total. The third kappa shape index (κ3) is 9.29. The fourth-order valence-corrected chi connectivity index (χ4v) is 4.17. The molecule has 0 fully saturated rings. The van der Waals surface area contributed by atoms with Crippen molar-refractivity contribution in [3.63, 3.8) is 0 Å². The quantitative estimate of drug-likeness (QED) is 0.201. The van der Waals surface area contributed by atoms with E-state index in [4.69, 9.17) is 4.74 Å². The summed E-state index contributed by atoms with van der Waals surface area (Å²) in [4.78, 5) is 9.10. The number of aromatic nitrogens is 2. The van der Waals surface area contributed by atoms with Gasteiger partial charge < -0.3 is 4.74 Å². The van der Waals surface area contributed by atoms with Gasteiger partial charge in [0.15, 0.2) is 5.82 Å². The SMILES string of the molecule is CCCCCCCCCc1ccc(COc2ccc(-c3ncc(CCCCC)cn3)cc2)cc1. The van der Waals surface area contributed by atoms with Crippen LogP contribution in [0.5, 0.6) is 5.75 Å². The zero-order chi connectivity index (χ0) is 23.8. The molecule has 0 unspecified atom stereocenters. The first-order valence-electron chi connectivity index (χ1n) is 13.4. The van der Waals surface area contributed by atoms with E-state index >= 15 is 0 Å². The summed E-state index contributed by atoms with van der Waals surface area (Å²) in [7, 11) is 0. The molecule has 3 rings (SSSR count).